The summed E-state index contributed by atoms with van der Waals surface area (Å²) in [5.41, 5.74) is 6.63. The minimum atomic E-state index is -0.973. The Morgan fingerprint density at radius 3 is 2.69 bits per heavy atom. The summed E-state index contributed by atoms with van der Waals surface area (Å²) in [4.78, 5) is 10.6. The number of phenols is 1. The number of carboxylic acid groups (broad SMARTS) is 1. The molecule has 0 heterocycles. The van der Waals surface area contributed by atoms with Gasteiger partial charge in [-0.1, -0.05) is 0 Å². The number of aliphatic carboxylic acids is 1. The molecule has 88 valence electrons. The molecule has 1 unspecified atom stereocenters. The SMILES string of the molecule is Cc1cc(F)c(O)cc1C(CN)CC(=O)O. The number of benzene rings is 1. The van der Waals surface area contributed by atoms with Crippen molar-refractivity contribution in [1.82, 2.24) is 0 Å². The molecule has 4 N–H and O–H groups in total. The smallest absolute Gasteiger partial charge is 0.304 e. The lowest BCUT2D eigenvalue weighted by Crippen LogP contribution is -2.17. The van der Waals surface area contributed by atoms with Crippen LogP contribution in [0.15, 0.2) is 12.1 Å². The second kappa shape index (κ2) is 4.94. The molecule has 4 nitrogen and oxygen atoms in total. The zero-order valence-electron chi connectivity index (χ0n) is 8.90. The summed E-state index contributed by atoms with van der Waals surface area (Å²) in [5.74, 6) is -2.58. The predicted octanol–water partition coefficient (Wildman–Crippen LogP) is 1.36. The second-order valence-corrected chi connectivity index (χ2v) is 3.69. The lowest BCUT2D eigenvalue weighted by atomic mass is 9.92. The normalized spacial score (nSPS) is 12.4. The molecule has 0 spiro atoms. The Hall–Kier alpha value is -1.62. The Morgan fingerprint density at radius 1 is 1.56 bits per heavy atom. The number of carboxylic acids is 1. The second-order valence-electron chi connectivity index (χ2n) is 3.69. The average molecular weight is 227 g/mol. The van der Waals surface area contributed by atoms with Crippen LogP contribution in [0, 0.1) is 12.7 Å². The van der Waals surface area contributed by atoms with Crippen molar-refractivity contribution in [2.24, 2.45) is 5.73 Å². The maximum atomic E-state index is 13.0. The Labute approximate surface area is 92.5 Å². The highest BCUT2D eigenvalue weighted by molar-refractivity contribution is 5.68. The van der Waals surface area contributed by atoms with Crippen LogP contribution in [0.5, 0.6) is 5.75 Å². The van der Waals surface area contributed by atoms with E-state index in [1.54, 1.807) is 6.92 Å². The molecule has 0 aliphatic rings. The lowest BCUT2D eigenvalue weighted by Gasteiger charge is -2.16. The van der Waals surface area contributed by atoms with Gasteiger partial charge in [0.15, 0.2) is 11.6 Å². The van der Waals surface area contributed by atoms with Crippen LogP contribution in [-0.4, -0.2) is 22.7 Å². The first kappa shape index (κ1) is 12.4. The third kappa shape index (κ3) is 2.70. The van der Waals surface area contributed by atoms with Crippen molar-refractivity contribution in [3.05, 3.63) is 29.1 Å². The number of halogens is 1. The van der Waals surface area contributed by atoms with Crippen molar-refractivity contribution < 1.29 is 19.4 Å². The molecule has 0 radical (unpaired) electrons. The van der Waals surface area contributed by atoms with E-state index in [0.717, 1.165) is 0 Å². The van der Waals surface area contributed by atoms with Crippen LogP contribution in [-0.2, 0) is 4.79 Å². The molecule has 5 heteroatoms. The van der Waals surface area contributed by atoms with Gasteiger partial charge >= 0.3 is 5.97 Å². The number of hydrogen-bond donors (Lipinski definition) is 3. The summed E-state index contributed by atoms with van der Waals surface area (Å²) in [6.45, 7) is 1.79. The van der Waals surface area contributed by atoms with E-state index in [4.69, 9.17) is 10.8 Å². The fourth-order valence-electron chi connectivity index (χ4n) is 1.65. The monoisotopic (exact) mass is 227 g/mol. The van der Waals surface area contributed by atoms with Gasteiger partial charge < -0.3 is 15.9 Å². The standard InChI is InChI=1S/C11H14FNO3/c1-6-2-9(12)10(14)4-8(6)7(5-13)3-11(15)16/h2,4,7,14H,3,5,13H2,1H3,(H,15,16). The molecule has 1 aromatic carbocycles. The molecule has 0 aliphatic heterocycles. The first-order valence-electron chi connectivity index (χ1n) is 4.86. The highest BCUT2D eigenvalue weighted by atomic mass is 19.1. The molecule has 1 aromatic rings. The van der Waals surface area contributed by atoms with Gasteiger partial charge in [0.2, 0.25) is 0 Å². The Kier molecular flexibility index (Phi) is 3.84. The zero-order chi connectivity index (χ0) is 12.3. The van der Waals surface area contributed by atoms with Gasteiger partial charge in [-0.2, -0.15) is 0 Å². The fraction of sp³-hybridized carbons (Fsp3) is 0.364. The number of hydrogen-bond acceptors (Lipinski definition) is 3. The summed E-state index contributed by atoms with van der Waals surface area (Å²) in [5, 5.41) is 17.9. The molecule has 0 fully saturated rings. The van der Waals surface area contributed by atoms with Crippen LogP contribution in [0.3, 0.4) is 0 Å². The van der Waals surface area contributed by atoms with Gasteiger partial charge in [-0.15, -0.1) is 0 Å². The van der Waals surface area contributed by atoms with Gasteiger partial charge in [-0.25, -0.2) is 4.39 Å². The number of phenolic OH excluding ortho intramolecular Hbond substituents is 1. The number of aromatic hydroxyl groups is 1. The predicted molar refractivity (Wildman–Crippen MR) is 56.9 cm³/mol. The summed E-state index contributed by atoms with van der Waals surface area (Å²) in [7, 11) is 0. The lowest BCUT2D eigenvalue weighted by molar-refractivity contribution is -0.137. The largest absolute Gasteiger partial charge is 0.505 e. The summed E-state index contributed by atoms with van der Waals surface area (Å²) >= 11 is 0. The molecular formula is C11H14FNO3. The van der Waals surface area contributed by atoms with E-state index < -0.39 is 23.5 Å². The molecule has 0 saturated carbocycles. The molecule has 1 rings (SSSR count). The topological polar surface area (TPSA) is 83.5 Å². The van der Waals surface area contributed by atoms with E-state index in [0.29, 0.717) is 11.1 Å². The minimum Gasteiger partial charge on any atom is -0.505 e. The van der Waals surface area contributed by atoms with Crippen molar-refractivity contribution in [3.63, 3.8) is 0 Å². The van der Waals surface area contributed by atoms with Crippen molar-refractivity contribution in [2.75, 3.05) is 6.54 Å². The van der Waals surface area contributed by atoms with Crippen LogP contribution >= 0.6 is 0 Å². The molecule has 0 bridgehead atoms. The molecule has 1 atom stereocenters. The van der Waals surface area contributed by atoms with E-state index >= 15 is 0 Å². The van der Waals surface area contributed by atoms with Crippen LogP contribution in [0.1, 0.15) is 23.5 Å². The maximum Gasteiger partial charge on any atom is 0.304 e. The number of carbonyl (C=O) groups is 1. The molecule has 16 heavy (non-hydrogen) atoms. The van der Waals surface area contributed by atoms with E-state index in [1.807, 2.05) is 0 Å². The summed E-state index contributed by atoms with van der Waals surface area (Å²) in [6.07, 6.45) is -0.136. The van der Waals surface area contributed by atoms with Crippen molar-refractivity contribution >= 4 is 5.97 Å². The number of aryl methyl sites for hydroxylation is 1. The van der Waals surface area contributed by atoms with Crippen LogP contribution < -0.4 is 5.73 Å². The van der Waals surface area contributed by atoms with Crippen LogP contribution in [0.2, 0.25) is 0 Å². The summed E-state index contributed by atoms with van der Waals surface area (Å²) < 4.78 is 13.0. The van der Waals surface area contributed by atoms with E-state index in [2.05, 4.69) is 0 Å². The van der Waals surface area contributed by atoms with Gasteiger partial charge in [0.25, 0.3) is 0 Å². The molecule has 0 aromatic heterocycles. The Bertz CT molecular complexity index is 406. The van der Waals surface area contributed by atoms with Gasteiger partial charge in [-0.05, 0) is 36.7 Å². The Morgan fingerprint density at radius 2 is 2.19 bits per heavy atom. The maximum absolute atomic E-state index is 13.0. The highest BCUT2D eigenvalue weighted by Gasteiger charge is 2.18. The third-order valence-electron chi connectivity index (χ3n) is 2.48. The first-order valence-corrected chi connectivity index (χ1v) is 4.86. The van der Waals surface area contributed by atoms with Gasteiger partial charge in [0.05, 0.1) is 6.42 Å². The third-order valence-corrected chi connectivity index (χ3v) is 2.48. The molecule has 0 saturated heterocycles. The average Bonchev–Trinajstić information content (AvgIpc) is 2.20. The van der Waals surface area contributed by atoms with Crippen LogP contribution in [0.4, 0.5) is 4.39 Å². The van der Waals surface area contributed by atoms with Gasteiger partial charge in [-0.3, -0.25) is 4.79 Å². The fourth-order valence-corrected chi connectivity index (χ4v) is 1.65. The Balaban J connectivity index is 3.09. The van der Waals surface area contributed by atoms with E-state index in [1.165, 1.54) is 12.1 Å². The zero-order valence-corrected chi connectivity index (χ0v) is 8.90. The van der Waals surface area contributed by atoms with Crippen LogP contribution in [0.25, 0.3) is 0 Å². The minimum absolute atomic E-state index is 0.136. The molecular weight excluding hydrogens is 213 g/mol. The van der Waals surface area contributed by atoms with E-state index in [9.17, 15) is 14.3 Å². The van der Waals surface area contributed by atoms with Crippen molar-refractivity contribution in [1.29, 1.82) is 0 Å². The summed E-state index contributed by atoms with van der Waals surface area (Å²) in [6, 6.07) is 2.42. The van der Waals surface area contributed by atoms with Gasteiger partial charge in [0, 0.05) is 5.92 Å². The highest BCUT2D eigenvalue weighted by Crippen LogP contribution is 2.28. The molecule has 0 amide bonds. The van der Waals surface area contributed by atoms with Crippen molar-refractivity contribution in [2.45, 2.75) is 19.3 Å². The molecule has 0 aliphatic carbocycles. The number of rotatable bonds is 4. The number of nitrogens with two attached hydrogens (primary N) is 1. The van der Waals surface area contributed by atoms with Crippen molar-refractivity contribution in [3.8, 4) is 5.75 Å². The first-order chi connectivity index (χ1) is 7.45. The van der Waals surface area contributed by atoms with Gasteiger partial charge in [0.1, 0.15) is 0 Å². The quantitative estimate of drug-likeness (QED) is 0.725. The van der Waals surface area contributed by atoms with E-state index in [-0.39, 0.29) is 13.0 Å².